The number of hydrogen-bond acceptors (Lipinski definition) is 2. The van der Waals surface area contributed by atoms with E-state index in [1.54, 1.807) is 36.4 Å². The Morgan fingerprint density at radius 2 is 1.57 bits per heavy atom. The number of benzene rings is 3. The molecule has 7 heteroatoms. The highest BCUT2D eigenvalue weighted by Gasteiger charge is 2.32. The summed E-state index contributed by atoms with van der Waals surface area (Å²) in [5.74, 6) is -0.944. The average Bonchev–Trinajstić information content (AvgIpc) is 3.20. The Morgan fingerprint density at radius 3 is 2.20 bits per heavy atom. The van der Waals surface area contributed by atoms with E-state index in [1.807, 2.05) is 12.1 Å². The van der Waals surface area contributed by atoms with Crippen LogP contribution in [0.4, 0.5) is 13.6 Å². The van der Waals surface area contributed by atoms with Crippen LogP contribution in [0.25, 0.3) is 0 Å². The quantitative estimate of drug-likeness (QED) is 0.603. The van der Waals surface area contributed by atoms with Crippen molar-refractivity contribution >= 4 is 23.3 Å². The van der Waals surface area contributed by atoms with Crippen LogP contribution in [0.1, 0.15) is 22.6 Å². The molecule has 1 atom stereocenters. The molecule has 0 fully saturated rings. The van der Waals surface area contributed by atoms with Crippen molar-refractivity contribution in [1.29, 1.82) is 0 Å². The number of carbonyl (C=O) groups is 1. The molecule has 1 aliphatic rings. The van der Waals surface area contributed by atoms with Crippen molar-refractivity contribution in [2.24, 2.45) is 5.10 Å². The molecule has 0 aliphatic carbocycles. The highest BCUT2D eigenvalue weighted by atomic mass is 35.5. The molecule has 3 aromatic carbocycles. The lowest BCUT2D eigenvalue weighted by Crippen LogP contribution is -2.35. The zero-order valence-corrected chi connectivity index (χ0v) is 16.6. The van der Waals surface area contributed by atoms with Crippen LogP contribution in [0.2, 0.25) is 5.02 Å². The van der Waals surface area contributed by atoms with Crippen LogP contribution in [0.3, 0.4) is 0 Å². The van der Waals surface area contributed by atoms with Gasteiger partial charge in [0.05, 0.1) is 12.3 Å². The van der Waals surface area contributed by atoms with E-state index >= 15 is 0 Å². The highest BCUT2D eigenvalue weighted by molar-refractivity contribution is 6.30. The van der Waals surface area contributed by atoms with Gasteiger partial charge in [0.25, 0.3) is 0 Å². The molecule has 0 saturated heterocycles. The zero-order chi connectivity index (χ0) is 21.1. The van der Waals surface area contributed by atoms with Crippen molar-refractivity contribution in [2.45, 2.75) is 12.5 Å². The van der Waals surface area contributed by atoms with Crippen LogP contribution in [0.15, 0.2) is 77.9 Å². The topological polar surface area (TPSA) is 44.7 Å². The molecule has 1 aliphatic heterocycles. The van der Waals surface area contributed by atoms with Gasteiger partial charge in [-0.3, -0.25) is 0 Å². The molecule has 4 rings (SSSR count). The van der Waals surface area contributed by atoms with Crippen LogP contribution >= 0.6 is 11.6 Å². The zero-order valence-electron chi connectivity index (χ0n) is 15.9. The van der Waals surface area contributed by atoms with E-state index in [0.717, 1.165) is 11.1 Å². The summed E-state index contributed by atoms with van der Waals surface area (Å²) in [6.07, 6.45) is 0. The number of rotatable bonds is 4. The van der Waals surface area contributed by atoms with Crippen molar-refractivity contribution in [3.63, 3.8) is 0 Å². The summed E-state index contributed by atoms with van der Waals surface area (Å²) in [7, 11) is 0. The second-order valence-corrected chi connectivity index (χ2v) is 7.40. The molecule has 2 amide bonds. The first-order valence-corrected chi connectivity index (χ1v) is 9.77. The van der Waals surface area contributed by atoms with E-state index in [4.69, 9.17) is 11.6 Å². The fourth-order valence-electron chi connectivity index (χ4n) is 3.34. The smallest absolute Gasteiger partial charge is 0.332 e. The first kappa shape index (κ1) is 20.0. The molecule has 0 bridgehead atoms. The molecule has 3 aromatic rings. The van der Waals surface area contributed by atoms with Gasteiger partial charge in [0.1, 0.15) is 11.6 Å². The van der Waals surface area contributed by atoms with Crippen molar-refractivity contribution in [1.82, 2.24) is 10.3 Å². The third kappa shape index (κ3) is 4.49. The molecule has 30 heavy (non-hydrogen) atoms. The van der Waals surface area contributed by atoms with Gasteiger partial charge in [0.15, 0.2) is 0 Å². The molecule has 0 spiro atoms. The van der Waals surface area contributed by atoms with Crippen molar-refractivity contribution in [3.05, 3.63) is 106 Å². The summed E-state index contributed by atoms with van der Waals surface area (Å²) in [6.45, 7) is 0.625. The molecular formula is C23H18ClF2N3O. The summed E-state index contributed by atoms with van der Waals surface area (Å²) in [5, 5.41) is 9.31. The van der Waals surface area contributed by atoms with Crippen molar-refractivity contribution in [2.75, 3.05) is 6.54 Å². The maximum Gasteiger partial charge on any atom is 0.338 e. The van der Waals surface area contributed by atoms with Crippen molar-refractivity contribution < 1.29 is 13.6 Å². The molecule has 4 nitrogen and oxygen atoms in total. The van der Waals surface area contributed by atoms with Gasteiger partial charge in [-0.1, -0.05) is 48.0 Å². The first-order chi connectivity index (χ1) is 14.5. The lowest BCUT2D eigenvalue weighted by atomic mass is 9.90. The molecule has 0 radical (unpaired) electrons. The van der Waals surface area contributed by atoms with Gasteiger partial charge < -0.3 is 5.32 Å². The third-order valence-electron chi connectivity index (χ3n) is 4.92. The fraction of sp³-hybridized carbons (Fsp3) is 0.130. The lowest BCUT2D eigenvalue weighted by Gasteiger charge is -2.16. The van der Waals surface area contributed by atoms with Crippen LogP contribution < -0.4 is 5.32 Å². The summed E-state index contributed by atoms with van der Waals surface area (Å²) in [6, 6.07) is 18.9. The predicted molar refractivity (Wildman–Crippen MR) is 112 cm³/mol. The molecular weight excluding hydrogens is 408 g/mol. The third-order valence-corrected chi connectivity index (χ3v) is 5.17. The van der Waals surface area contributed by atoms with E-state index in [1.165, 1.54) is 29.3 Å². The second kappa shape index (κ2) is 8.63. The maximum atomic E-state index is 13.4. The summed E-state index contributed by atoms with van der Waals surface area (Å²) in [5.41, 5.74) is 3.07. The minimum Gasteiger partial charge on any atom is -0.332 e. The van der Waals surface area contributed by atoms with E-state index in [9.17, 15) is 13.6 Å². The number of hydrogen-bond donors (Lipinski definition) is 1. The van der Waals surface area contributed by atoms with Gasteiger partial charge in [-0.15, -0.1) is 0 Å². The van der Waals surface area contributed by atoms with Crippen LogP contribution in [0, 0.1) is 11.6 Å². The van der Waals surface area contributed by atoms with Gasteiger partial charge in [0, 0.05) is 17.5 Å². The summed E-state index contributed by atoms with van der Waals surface area (Å²) in [4.78, 5) is 12.7. The molecule has 0 aromatic heterocycles. The largest absolute Gasteiger partial charge is 0.338 e. The molecule has 152 valence electrons. The predicted octanol–water partition coefficient (Wildman–Crippen LogP) is 5.33. The van der Waals surface area contributed by atoms with E-state index in [0.29, 0.717) is 29.4 Å². The van der Waals surface area contributed by atoms with E-state index in [2.05, 4.69) is 10.4 Å². The first-order valence-electron chi connectivity index (χ1n) is 9.39. The Bertz CT molecular complexity index is 1070. The van der Waals surface area contributed by atoms with E-state index in [-0.39, 0.29) is 23.6 Å². The minimum absolute atomic E-state index is 0.252. The minimum atomic E-state index is -0.353. The SMILES string of the molecule is O=C(NCc1ccc(Cl)cc1)N1CC(c2ccc(F)cc2)C(c2ccc(F)cc2)=N1. The summed E-state index contributed by atoms with van der Waals surface area (Å²) >= 11 is 5.89. The number of nitrogens with zero attached hydrogens (tertiary/aromatic N) is 2. The van der Waals surface area contributed by atoms with Gasteiger partial charge in [0.2, 0.25) is 0 Å². The maximum absolute atomic E-state index is 13.4. The molecule has 1 N–H and O–H groups in total. The lowest BCUT2D eigenvalue weighted by molar-refractivity contribution is 0.203. The number of nitrogens with one attached hydrogen (secondary N) is 1. The highest BCUT2D eigenvalue weighted by Crippen LogP contribution is 2.29. The Kier molecular flexibility index (Phi) is 5.77. The molecule has 1 heterocycles. The van der Waals surface area contributed by atoms with E-state index < -0.39 is 0 Å². The Morgan fingerprint density at radius 1 is 0.967 bits per heavy atom. The van der Waals surface area contributed by atoms with Gasteiger partial charge in [-0.25, -0.2) is 18.6 Å². The Hall–Kier alpha value is -3.25. The van der Waals surface area contributed by atoms with Gasteiger partial charge in [-0.2, -0.15) is 5.10 Å². The number of halogens is 3. The molecule has 0 saturated carbocycles. The average molecular weight is 426 g/mol. The Labute approximate surface area is 177 Å². The standard InChI is InChI=1S/C23H18ClF2N3O/c24-18-7-1-15(2-8-18)13-27-23(30)29-14-21(16-3-9-19(25)10-4-16)22(28-29)17-5-11-20(26)12-6-17/h1-12,21H,13-14H2,(H,27,30). The van der Waals surface area contributed by atoms with Crippen molar-refractivity contribution in [3.8, 4) is 0 Å². The van der Waals surface area contributed by atoms with Crippen LogP contribution in [-0.4, -0.2) is 23.3 Å². The number of urea groups is 1. The number of hydrazone groups is 1. The normalized spacial score (nSPS) is 15.8. The Balaban J connectivity index is 1.55. The number of carbonyl (C=O) groups excluding carboxylic acids is 1. The molecule has 1 unspecified atom stereocenters. The van der Waals surface area contributed by atoms with Crippen LogP contribution in [0.5, 0.6) is 0 Å². The van der Waals surface area contributed by atoms with Crippen LogP contribution in [-0.2, 0) is 6.54 Å². The van der Waals surface area contributed by atoms with Gasteiger partial charge in [-0.05, 0) is 53.1 Å². The second-order valence-electron chi connectivity index (χ2n) is 6.96. The fourth-order valence-corrected chi connectivity index (χ4v) is 3.46. The van der Waals surface area contributed by atoms with Gasteiger partial charge >= 0.3 is 6.03 Å². The monoisotopic (exact) mass is 425 g/mol. The summed E-state index contributed by atoms with van der Waals surface area (Å²) < 4.78 is 26.7. The number of amides is 2.